The van der Waals surface area contributed by atoms with Crippen molar-refractivity contribution in [3.63, 3.8) is 0 Å². The Morgan fingerprint density at radius 1 is 1.22 bits per heavy atom. The fourth-order valence-corrected chi connectivity index (χ4v) is 1.35. The number of hydrogen-bond donors (Lipinski definition) is 1. The maximum atomic E-state index is 12.6. The lowest BCUT2D eigenvalue weighted by Crippen LogP contribution is -2.11. The molecule has 0 aliphatic carbocycles. The summed E-state index contributed by atoms with van der Waals surface area (Å²) in [5, 5.41) is 8.73. The topological polar surface area (TPSA) is 54.4 Å². The number of alkyl halides is 3. The van der Waals surface area contributed by atoms with Gasteiger partial charge in [0, 0.05) is 0 Å². The summed E-state index contributed by atoms with van der Waals surface area (Å²) in [5.74, 6) is -2.36. The van der Waals surface area contributed by atoms with E-state index in [0.717, 1.165) is 25.1 Å². The van der Waals surface area contributed by atoms with Gasteiger partial charge >= 0.3 is 12.1 Å². The molecule has 18 heavy (non-hydrogen) atoms. The molecule has 1 aromatic carbocycles. The first kappa shape index (κ1) is 14.0. The maximum absolute atomic E-state index is 12.6. The molecule has 0 bridgehead atoms. The Morgan fingerprint density at radius 3 is 2.22 bits per heavy atom. The van der Waals surface area contributed by atoms with Crippen molar-refractivity contribution in [2.45, 2.75) is 13.1 Å². The fraction of sp³-hybridized carbons (Fsp3) is 0.167. The average Bonchev–Trinajstić information content (AvgIpc) is 2.24. The molecular formula is C12H9F3O3. The summed E-state index contributed by atoms with van der Waals surface area (Å²) in [7, 11) is 0. The standard InChI is InChI=1S/C12H9F3O3/c1-7(16)9(11(17)18)6-8-4-2-3-5-10(8)12(13,14)15/h2-6H,1H3,(H,17,18)/b9-6+. The molecule has 1 rings (SSSR count). The molecule has 0 amide bonds. The van der Waals surface area contributed by atoms with Gasteiger partial charge in [-0.05, 0) is 24.6 Å². The Labute approximate surface area is 101 Å². The molecule has 1 aromatic rings. The summed E-state index contributed by atoms with van der Waals surface area (Å²) in [6.07, 6.45) is -3.87. The monoisotopic (exact) mass is 258 g/mol. The van der Waals surface area contributed by atoms with E-state index in [2.05, 4.69) is 0 Å². The number of carbonyl (C=O) groups is 2. The predicted octanol–water partition coefficient (Wildman–Crippen LogP) is 2.76. The van der Waals surface area contributed by atoms with Crippen molar-refractivity contribution in [2.24, 2.45) is 0 Å². The van der Waals surface area contributed by atoms with Crippen LogP contribution in [0.2, 0.25) is 0 Å². The van der Waals surface area contributed by atoms with Crippen LogP contribution in [0.4, 0.5) is 13.2 Å². The lowest BCUT2D eigenvalue weighted by molar-refractivity contribution is -0.138. The second-order valence-electron chi connectivity index (χ2n) is 3.50. The van der Waals surface area contributed by atoms with Crippen molar-refractivity contribution in [3.05, 3.63) is 41.0 Å². The average molecular weight is 258 g/mol. The van der Waals surface area contributed by atoms with Crippen molar-refractivity contribution in [1.82, 2.24) is 0 Å². The molecule has 0 unspecified atom stereocenters. The second kappa shape index (κ2) is 5.03. The first-order valence-electron chi connectivity index (χ1n) is 4.85. The van der Waals surface area contributed by atoms with E-state index in [1.807, 2.05) is 0 Å². The van der Waals surface area contributed by atoms with E-state index in [1.165, 1.54) is 12.1 Å². The van der Waals surface area contributed by atoms with Crippen LogP contribution < -0.4 is 0 Å². The molecule has 1 N–H and O–H groups in total. The second-order valence-corrected chi connectivity index (χ2v) is 3.50. The first-order valence-corrected chi connectivity index (χ1v) is 4.85. The number of carbonyl (C=O) groups excluding carboxylic acids is 1. The molecule has 6 heteroatoms. The minimum absolute atomic E-state index is 0.349. The smallest absolute Gasteiger partial charge is 0.416 e. The van der Waals surface area contributed by atoms with E-state index in [9.17, 15) is 22.8 Å². The molecule has 0 saturated carbocycles. The highest BCUT2D eigenvalue weighted by atomic mass is 19.4. The van der Waals surface area contributed by atoms with Gasteiger partial charge in [0.15, 0.2) is 5.78 Å². The van der Waals surface area contributed by atoms with Gasteiger partial charge in [-0.1, -0.05) is 18.2 Å². The minimum atomic E-state index is -4.60. The Bertz CT molecular complexity index is 500. The van der Waals surface area contributed by atoms with Crippen LogP contribution in [0.5, 0.6) is 0 Å². The van der Waals surface area contributed by atoms with Crippen molar-refractivity contribution in [1.29, 1.82) is 0 Å². The summed E-state index contributed by atoms with van der Waals surface area (Å²) in [5.41, 5.74) is -2.02. The molecule has 0 fully saturated rings. The van der Waals surface area contributed by atoms with Gasteiger partial charge in [-0.2, -0.15) is 13.2 Å². The molecule has 0 radical (unpaired) electrons. The van der Waals surface area contributed by atoms with Gasteiger partial charge in [0.2, 0.25) is 0 Å². The maximum Gasteiger partial charge on any atom is 0.416 e. The molecule has 0 atom stereocenters. The van der Waals surface area contributed by atoms with Crippen molar-refractivity contribution < 1.29 is 27.9 Å². The van der Waals surface area contributed by atoms with Gasteiger partial charge in [-0.3, -0.25) is 4.79 Å². The predicted molar refractivity (Wildman–Crippen MR) is 57.7 cm³/mol. The van der Waals surface area contributed by atoms with Crippen LogP contribution in [0, 0.1) is 0 Å². The van der Waals surface area contributed by atoms with E-state index in [4.69, 9.17) is 5.11 Å². The number of aliphatic carboxylic acids is 1. The molecule has 0 spiro atoms. The van der Waals surface area contributed by atoms with Gasteiger partial charge in [-0.15, -0.1) is 0 Å². The van der Waals surface area contributed by atoms with Crippen molar-refractivity contribution in [3.8, 4) is 0 Å². The first-order chi connectivity index (χ1) is 8.23. The number of Topliss-reactive ketones (excluding diaryl/α,β-unsaturated/α-hetero) is 1. The zero-order chi connectivity index (χ0) is 13.9. The van der Waals surface area contributed by atoms with E-state index < -0.39 is 29.1 Å². The van der Waals surface area contributed by atoms with Crippen LogP contribution in [-0.4, -0.2) is 16.9 Å². The minimum Gasteiger partial charge on any atom is -0.478 e. The number of benzene rings is 1. The van der Waals surface area contributed by atoms with Crippen LogP contribution in [0.3, 0.4) is 0 Å². The SMILES string of the molecule is CC(=O)/C(=C\c1ccccc1C(F)(F)F)C(=O)O. The molecule has 0 saturated heterocycles. The van der Waals surface area contributed by atoms with Crippen LogP contribution in [0.1, 0.15) is 18.1 Å². The number of hydrogen-bond acceptors (Lipinski definition) is 2. The van der Waals surface area contributed by atoms with Crippen LogP contribution in [0.25, 0.3) is 6.08 Å². The van der Waals surface area contributed by atoms with Crippen LogP contribution >= 0.6 is 0 Å². The number of carboxylic acids is 1. The highest BCUT2D eigenvalue weighted by Crippen LogP contribution is 2.32. The highest BCUT2D eigenvalue weighted by molar-refractivity contribution is 6.19. The van der Waals surface area contributed by atoms with Crippen molar-refractivity contribution >= 4 is 17.8 Å². The number of rotatable bonds is 3. The molecule has 3 nitrogen and oxygen atoms in total. The summed E-state index contributed by atoms with van der Waals surface area (Å²) >= 11 is 0. The number of halogens is 3. The quantitative estimate of drug-likeness (QED) is 0.515. The Hall–Kier alpha value is -2.11. The molecule has 96 valence electrons. The van der Waals surface area contributed by atoms with Gasteiger partial charge in [0.1, 0.15) is 5.57 Å². The third kappa shape index (κ3) is 3.19. The van der Waals surface area contributed by atoms with Crippen molar-refractivity contribution in [2.75, 3.05) is 0 Å². The summed E-state index contributed by atoms with van der Waals surface area (Å²) in [4.78, 5) is 21.8. The van der Waals surface area contributed by atoms with Crippen LogP contribution in [-0.2, 0) is 15.8 Å². The van der Waals surface area contributed by atoms with E-state index in [1.54, 1.807) is 0 Å². The van der Waals surface area contributed by atoms with E-state index >= 15 is 0 Å². The highest BCUT2D eigenvalue weighted by Gasteiger charge is 2.32. The Morgan fingerprint density at radius 2 is 1.78 bits per heavy atom. The lowest BCUT2D eigenvalue weighted by atomic mass is 10.0. The van der Waals surface area contributed by atoms with E-state index in [0.29, 0.717) is 0 Å². The van der Waals surface area contributed by atoms with E-state index in [-0.39, 0.29) is 5.56 Å². The van der Waals surface area contributed by atoms with Gasteiger partial charge in [0.05, 0.1) is 5.56 Å². The molecular weight excluding hydrogens is 249 g/mol. The zero-order valence-electron chi connectivity index (χ0n) is 9.28. The summed E-state index contributed by atoms with van der Waals surface area (Å²) in [6.45, 7) is 0.982. The summed E-state index contributed by atoms with van der Waals surface area (Å²) < 4.78 is 37.9. The molecule has 0 aliphatic heterocycles. The molecule has 0 aliphatic rings. The lowest BCUT2D eigenvalue weighted by Gasteiger charge is -2.10. The molecule has 0 aromatic heterocycles. The Kier molecular flexibility index (Phi) is 3.90. The normalized spacial score (nSPS) is 12.3. The van der Waals surface area contributed by atoms with Crippen LogP contribution in [0.15, 0.2) is 29.8 Å². The zero-order valence-corrected chi connectivity index (χ0v) is 9.28. The fourth-order valence-electron chi connectivity index (χ4n) is 1.35. The van der Waals surface area contributed by atoms with Gasteiger partial charge < -0.3 is 5.11 Å². The third-order valence-electron chi connectivity index (χ3n) is 2.18. The Balaban J connectivity index is 3.38. The largest absolute Gasteiger partial charge is 0.478 e. The van der Waals surface area contributed by atoms with Gasteiger partial charge in [-0.25, -0.2) is 4.79 Å². The third-order valence-corrected chi connectivity index (χ3v) is 2.18. The number of ketones is 1. The molecule has 0 heterocycles. The number of carboxylic acid groups (broad SMARTS) is 1. The summed E-state index contributed by atoms with van der Waals surface area (Å²) in [6, 6.07) is 4.45. The van der Waals surface area contributed by atoms with Gasteiger partial charge in [0.25, 0.3) is 0 Å².